The van der Waals surface area contributed by atoms with Gasteiger partial charge < -0.3 is 10.6 Å². The predicted molar refractivity (Wildman–Crippen MR) is 61.1 cm³/mol. The van der Waals surface area contributed by atoms with Crippen LogP contribution in [0, 0.1) is 0 Å². The fourth-order valence-corrected chi connectivity index (χ4v) is 1.23. The zero-order valence-electron chi connectivity index (χ0n) is 9.71. The van der Waals surface area contributed by atoms with E-state index in [1.165, 1.54) is 0 Å². The molecule has 0 saturated carbocycles. The van der Waals surface area contributed by atoms with Gasteiger partial charge in [-0.15, -0.1) is 0 Å². The molecule has 0 radical (unpaired) electrons. The van der Waals surface area contributed by atoms with Crippen LogP contribution in [0.5, 0.6) is 0 Å². The van der Waals surface area contributed by atoms with Crippen molar-refractivity contribution in [3.8, 4) is 0 Å². The lowest BCUT2D eigenvalue weighted by Gasteiger charge is -2.11. The van der Waals surface area contributed by atoms with Crippen molar-refractivity contribution in [1.29, 1.82) is 0 Å². The molecule has 17 heavy (non-hydrogen) atoms. The zero-order chi connectivity index (χ0) is 12.7. The minimum absolute atomic E-state index is 0.0776. The van der Waals surface area contributed by atoms with E-state index in [1.54, 1.807) is 0 Å². The standard InChI is InChI=1S/C10H16N4O3/c1-2-5-11-9(16)6-12-10(17)7-3-4-8(15)14-13-7/h2-6H2,1H3,(H,11,16)(H,12,17)(H,14,15). The Morgan fingerprint density at radius 2 is 2.12 bits per heavy atom. The summed E-state index contributed by atoms with van der Waals surface area (Å²) in [6.45, 7) is 2.45. The summed E-state index contributed by atoms with van der Waals surface area (Å²) in [6, 6.07) is 0. The molecule has 0 bridgehead atoms. The van der Waals surface area contributed by atoms with Gasteiger partial charge in [0.1, 0.15) is 5.71 Å². The molecule has 0 atom stereocenters. The maximum absolute atomic E-state index is 11.5. The van der Waals surface area contributed by atoms with E-state index in [0.717, 1.165) is 6.42 Å². The Bertz CT molecular complexity index is 351. The third kappa shape index (κ3) is 4.62. The Hall–Kier alpha value is -1.92. The van der Waals surface area contributed by atoms with Crippen molar-refractivity contribution in [2.75, 3.05) is 13.1 Å². The molecule has 0 aromatic carbocycles. The van der Waals surface area contributed by atoms with Crippen molar-refractivity contribution >= 4 is 23.4 Å². The van der Waals surface area contributed by atoms with Crippen LogP contribution in [0.15, 0.2) is 5.10 Å². The predicted octanol–water partition coefficient (Wildman–Crippen LogP) is -1.11. The summed E-state index contributed by atoms with van der Waals surface area (Å²) in [5.74, 6) is -0.862. The van der Waals surface area contributed by atoms with Gasteiger partial charge in [0, 0.05) is 19.4 Å². The Morgan fingerprint density at radius 3 is 2.71 bits per heavy atom. The summed E-state index contributed by atoms with van der Waals surface area (Å²) in [5.41, 5.74) is 2.47. The molecule has 0 aromatic rings. The Labute approximate surface area is 99.0 Å². The van der Waals surface area contributed by atoms with Gasteiger partial charge in [-0.05, 0) is 6.42 Å². The monoisotopic (exact) mass is 240 g/mol. The molecule has 1 heterocycles. The number of carbonyl (C=O) groups is 3. The fourth-order valence-electron chi connectivity index (χ4n) is 1.23. The first-order chi connectivity index (χ1) is 8.13. The molecule has 1 rings (SSSR count). The first-order valence-corrected chi connectivity index (χ1v) is 5.53. The van der Waals surface area contributed by atoms with Crippen molar-refractivity contribution in [1.82, 2.24) is 16.1 Å². The molecule has 0 aromatic heterocycles. The average Bonchev–Trinajstić information content (AvgIpc) is 2.34. The van der Waals surface area contributed by atoms with E-state index in [-0.39, 0.29) is 30.5 Å². The molecule has 94 valence electrons. The molecule has 0 fully saturated rings. The molecule has 3 amide bonds. The second-order valence-corrected chi connectivity index (χ2v) is 3.63. The highest BCUT2D eigenvalue weighted by Gasteiger charge is 2.18. The maximum atomic E-state index is 11.5. The van der Waals surface area contributed by atoms with Gasteiger partial charge >= 0.3 is 0 Å². The van der Waals surface area contributed by atoms with Gasteiger partial charge in [0.15, 0.2) is 0 Å². The molecule has 7 heteroatoms. The van der Waals surface area contributed by atoms with Gasteiger partial charge in [0.05, 0.1) is 6.54 Å². The third-order valence-corrected chi connectivity index (χ3v) is 2.15. The second kappa shape index (κ2) is 6.62. The van der Waals surface area contributed by atoms with Gasteiger partial charge in [0.25, 0.3) is 5.91 Å². The van der Waals surface area contributed by atoms with Crippen molar-refractivity contribution in [3.05, 3.63) is 0 Å². The Balaban J connectivity index is 2.30. The van der Waals surface area contributed by atoms with E-state index in [4.69, 9.17) is 0 Å². The van der Waals surface area contributed by atoms with Crippen LogP contribution >= 0.6 is 0 Å². The van der Waals surface area contributed by atoms with Crippen LogP contribution in [-0.2, 0) is 14.4 Å². The molecular formula is C10H16N4O3. The quantitative estimate of drug-likeness (QED) is 0.568. The first-order valence-electron chi connectivity index (χ1n) is 5.53. The molecule has 0 saturated heterocycles. The van der Waals surface area contributed by atoms with Crippen LogP contribution < -0.4 is 16.1 Å². The van der Waals surface area contributed by atoms with E-state index >= 15 is 0 Å². The van der Waals surface area contributed by atoms with Gasteiger partial charge in [-0.1, -0.05) is 6.92 Å². The van der Waals surface area contributed by atoms with Crippen molar-refractivity contribution in [3.63, 3.8) is 0 Å². The van der Waals surface area contributed by atoms with Gasteiger partial charge in [-0.3, -0.25) is 14.4 Å². The molecular weight excluding hydrogens is 224 g/mol. The number of carbonyl (C=O) groups excluding carboxylic acids is 3. The molecule has 1 aliphatic heterocycles. The van der Waals surface area contributed by atoms with Crippen LogP contribution in [0.1, 0.15) is 26.2 Å². The summed E-state index contributed by atoms with van der Waals surface area (Å²) < 4.78 is 0. The number of amides is 3. The van der Waals surface area contributed by atoms with Crippen LogP contribution in [0.3, 0.4) is 0 Å². The molecule has 3 N–H and O–H groups in total. The number of hydrogen-bond acceptors (Lipinski definition) is 4. The zero-order valence-corrected chi connectivity index (χ0v) is 9.71. The summed E-state index contributed by atoms with van der Waals surface area (Å²) in [6.07, 6.45) is 1.39. The number of rotatable bonds is 5. The first kappa shape index (κ1) is 13.1. The number of hydrogen-bond donors (Lipinski definition) is 3. The minimum Gasteiger partial charge on any atom is -0.355 e. The Kier molecular flexibility index (Phi) is 5.12. The van der Waals surface area contributed by atoms with Crippen LogP contribution in [0.2, 0.25) is 0 Å². The van der Waals surface area contributed by atoms with E-state index in [0.29, 0.717) is 13.0 Å². The lowest BCUT2D eigenvalue weighted by Crippen LogP contribution is -2.42. The number of hydrazone groups is 1. The van der Waals surface area contributed by atoms with Crippen molar-refractivity contribution < 1.29 is 14.4 Å². The molecule has 0 unspecified atom stereocenters. The van der Waals surface area contributed by atoms with Crippen LogP contribution in [-0.4, -0.2) is 36.5 Å². The molecule has 0 aliphatic carbocycles. The van der Waals surface area contributed by atoms with E-state index < -0.39 is 5.91 Å². The average molecular weight is 240 g/mol. The second-order valence-electron chi connectivity index (χ2n) is 3.63. The van der Waals surface area contributed by atoms with Crippen LogP contribution in [0.4, 0.5) is 0 Å². The highest BCUT2D eigenvalue weighted by atomic mass is 16.2. The fraction of sp³-hybridized carbons (Fsp3) is 0.600. The maximum Gasteiger partial charge on any atom is 0.267 e. The lowest BCUT2D eigenvalue weighted by atomic mass is 10.1. The highest BCUT2D eigenvalue weighted by Crippen LogP contribution is 1.98. The lowest BCUT2D eigenvalue weighted by molar-refractivity contribution is -0.124. The van der Waals surface area contributed by atoms with E-state index in [1.807, 2.05) is 6.92 Å². The largest absolute Gasteiger partial charge is 0.355 e. The minimum atomic E-state index is -0.420. The van der Waals surface area contributed by atoms with Gasteiger partial charge in [-0.2, -0.15) is 5.10 Å². The normalized spacial score (nSPS) is 14.6. The Morgan fingerprint density at radius 1 is 1.35 bits per heavy atom. The van der Waals surface area contributed by atoms with Crippen molar-refractivity contribution in [2.45, 2.75) is 26.2 Å². The van der Waals surface area contributed by atoms with Crippen molar-refractivity contribution in [2.24, 2.45) is 5.10 Å². The summed E-state index contributed by atoms with van der Waals surface area (Å²) in [7, 11) is 0. The summed E-state index contributed by atoms with van der Waals surface area (Å²) >= 11 is 0. The third-order valence-electron chi connectivity index (χ3n) is 2.15. The topological polar surface area (TPSA) is 99.7 Å². The molecule has 0 spiro atoms. The molecule has 7 nitrogen and oxygen atoms in total. The molecule has 1 aliphatic rings. The SMILES string of the molecule is CCCNC(=O)CNC(=O)C1=NNC(=O)CC1. The highest BCUT2D eigenvalue weighted by molar-refractivity contribution is 6.39. The number of nitrogens with zero attached hydrogens (tertiary/aromatic N) is 1. The van der Waals surface area contributed by atoms with E-state index in [9.17, 15) is 14.4 Å². The van der Waals surface area contributed by atoms with Crippen LogP contribution in [0.25, 0.3) is 0 Å². The van der Waals surface area contributed by atoms with Gasteiger partial charge in [0.2, 0.25) is 11.8 Å². The van der Waals surface area contributed by atoms with E-state index in [2.05, 4.69) is 21.2 Å². The summed E-state index contributed by atoms with van der Waals surface area (Å²) in [5, 5.41) is 8.70. The van der Waals surface area contributed by atoms with Gasteiger partial charge in [-0.25, -0.2) is 5.43 Å². The smallest absolute Gasteiger partial charge is 0.267 e. The summed E-state index contributed by atoms with van der Waals surface area (Å²) in [4.78, 5) is 33.5. The number of nitrogens with one attached hydrogen (secondary N) is 3.